The standard InChI is InChI=1S/C17H15N5O4/c1-11-5-6-14(25-2)13(8-11)21-16-15(22(23)24)17(20-10-19-16)26-12-4-3-7-18-9-12/h3-10H,1-2H3,(H,19,20,21). The lowest BCUT2D eigenvalue weighted by molar-refractivity contribution is -0.385. The van der Waals surface area contributed by atoms with Gasteiger partial charge in [0.1, 0.15) is 17.8 Å². The number of nitrogens with zero attached hydrogens (tertiary/aromatic N) is 4. The number of methoxy groups -OCH3 is 1. The minimum absolute atomic E-state index is 0.00668. The molecule has 0 saturated heterocycles. The topological polar surface area (TPSA) is 112 Å². The summed E-state index contributed by atoms with van der Waals surface area (Å²) in [5, 5.41) is 14.5. The summed E-state index contributed by atoms with van der Waals surface area (Å²) in [7, 11) is 1.52. The van der Waals surface area contributed by atoms with Gasteiger partial charge in [0.25, 0.3) is 0 Å². The molecule has 0 atom stereocenters. The molecule has 0 aliphatic carbocycles. The highest BCUT2D eigenvalue weighted by Crippen LogP contribution is 2.37. The number of nitrogens with one attached hydrogen (secondary N) is 1. The average molecular weight is 353 g/mol. The third-order valence-electron chi connectivity index (χ3n) is 3.43. The monoisotopic (exact) mass is 353 g/mol. The van der Waals surface area contributed by atoms with Crippen molar-refractivity contribution in [1.29, 1.82) is 0 Å². The molecular formula is C17H15N5O4. The van der Waals surface area contributed by atoms with E-state index in [-0.39, 0.29) is 17.4 Å². The van der Waals surface area contributed by atoms with Gasteiger partial charge in [0, 0.05) is 6.20 Å². The number of benzene rings is 1. The number of hydrogen-bond donors (Lipinski definition) is 1. The third kappa shape index (κ3) is 3.66. The molecule has 2 aromatic heterocycles. The van der Waals surface area contributed by atoms with Crippen molar-refractivity contribution in [3.63, 3.8) is 0 Å². The molecule has 0 saturated carbocycles. The Morgan fingerprint density at radius 2 is 2.08 bits per heavy atom. The first kappa shape index (κ1) is 17.1. The van der Waals surface area contributed by atoms with E-state index in [1.54, 1.807) is 30.5 Å². The third-order valence-corrected chi connectivity index (χ3v) is 3.43. The zero-order valence-electron chi connectivity index (χ0n) is 14.0. The number of anilines is 2. The molecule has 9 nitrogen and oxygen atoms in total. The lowest BCUT2D eigenvalue weighted by atomic mass is 10.2. The predicted octanol–water partition coefficient (Wildman–Crippen LogP) is 3.63. The number of hydrogen-bond acceptors (Lipinski definition) is 8. The molecule has 132 valence electrons. The molecule has 9 heteroatoms. The Balaban J connectivity index is 2.01. The van der Waals surface area contributed by atoms with Crippen LogP contribution in [-0.4, -0.2) is 27.0 Å². The van der Waals surface area contributed by atoms with Gasteiger partial charge in [0.2, 0.25) is 5.82 Å². The van der Waals surface area contributed by atoms with Gasteiger partial charge < -0.3 is 14.8 Å². The van der Waals surface area contributed by atoms with E-state index in [0.717, 1.165) is 5.56 Å². The molecule has 2 heterocycles. The van der Waals surface area contributed by atoms with Crippen molar-refractivity contribution in [2.75, 3.05) is 12.4 Å². The SMILES string of the molecule is COc1ccc(C)cc1Nc1ncnc(Oc2cccnc2)c1[N+](=O)[O-]. The fourth-order valence-corrected chi connectivity index (χ4v) is 2.26. The van der Waals surface area contributed by atoms with Crippen molar-refractivity contribution in [2.24, 2.45) is 0 Å². The van der Waals surface area contributed by atoms with Crippen LogP contribution in [0.25, 0.3) is 0 Å². The van der Waals surface area contributed by atoms with E-state index in [9.17, 15) is 10.1 Å². The van der Waals surface area contributed by atoms with Crippen LogP contribution in [0.2, 0.25) is 0 Å². The average Bonchev–Trinajstić information content (AvgIpc) is 2.63. The summed E-state index contributed by atoms with van der Waals surface area (Å²) < 4.78 is 10.8. The van der Waals surface area contributed by atoms with Crippen LogP contribution in [0.3, 0.4) is 0 Å². The van der Waals surface area contributed by atoms with Crippen molar-refractivity contribution >= 4 is 17.2 Å². The minimum atomic E-state index is -0.601. The van der Waals surface area contributed by atoms with Crippen LogP contribution < -0.4 is 14.8 Å². The number of ether oxygens (including phenoxy) is 2. The highest BCUT2D eigenvalue weighted by molar-refractivity contribution is 5.72. The Hall–Kier alpha value is -3.75. The molecule has 0 unspecified atom stereocenters. The van der Waals surface area contributed by atoms with Crippen LogP contribution >= 0.6 is 0 Å². The van der Waals surface area contributed by atoms with E-state index < -0.39 is 4.92 Å². The van der Waals surface area contributed by atoms with Crippen molar-refractivity contribution in [2.45, 2.75) is 6.92 Å². The molecule has 1 N–H and O–H groups in total. The second-order valence-corrected chi connectivity index (χ2v) is 5.25. The zero-order valence-corrected chi connectivity index (χ0v) is 14.0. The van der Waals surface area contributed by atoms with Crippen molar-refractivity contribution in [3.8, 4) is 17.4 Å². The van der Waals surface area contributed by atoms with Crippen molar-refractivity contribution in [3.05, 3.63) is 64.7 Å². The molecule has 1 aromatic carbocycles. The molecule has 0 amide bonds. The van der Waals surface area contributed by atoms with Gasteiger partial charge in [-0.2, -0.15) is 4.98 Å². The Morgan fingerprint density at radius 1 is 1.23 bits per heavy atom. The summed E-state index contributed by atoms with van der Waals surface area (Å²) in [5.41, 5.74) is 1.11. The lowest BCUT2D eigenvalue weighted by Crippen LogP contribution is -2.04. The maximum absolute atomic E-state index is 11.6. The fraction of sp³-hybridized carbons (Fsp3) is 0.118. The van der Waals surface area contributed by atoms with E-state index in [1.807, 2.05) is 13.0 Å². The van der Waals surface area contributed by atoms with Gasteiger partial charge in [0.15, 0.2) is 0 Å². The molecule has 0 spiro atoms. The second-order valence-electron chi connectivity index (χ2n) is 5.25. The summed E-state index contributed by atoms with van der Waals surface area (Å²) >= 11 is 0. The molecule has 0 fully saturated rings. The summed E-state index contributed by atoms with van der Waals surface area (Å²) in [4.78, 5) is 22.8. The summed E-state index contributed by atoms with van der Waals surface area (Å²) in [6.45, 7) is 1.90. The minimum Gasteiger partial charge on any atom is -0.495 e. The van der Waals surface area contributed by atoms with E-state index in [2.05, 4.69) is 20.3 Å². The molecule has 0 radical (unpaired) electrons. The summed E-state index contributed by atoms with van der Waals surface area (Å²) in [5.74, 6) is 0.659. The van der Waals surface area contributed by atoms with Gasteiger partial charge in [-0.3, -0.25) is 15.1 Å². The van der Waals surface area contributed by atoms with Gasteiger partial charge in [-0.1, -0.05) is 6.07 Å². The fourth-order valence-electron chi connectivity index (χ4n) is 2.26. The highest BCUT2D eigenvalue weighted by Gasteiger charge is 2.26. The van der Waals surface area contributed by atoms with Crippen LogP contribution in [0.4, 0.5) is 17.2 Å². The summed E-state index contributed by atoms with van der Waals surface area (Å²) in [6.07, 6.45) is 4.18. The molecule has 3 aromatic rings. The zero-order chi connectivity index (χ0) is 18.5. The summed E-state index contributed by atoms with van der Waals surface area (Å²) in [6, 6.07) is 8.70. The first-order valence-corrected chi connectivity index (χ1v) is 7.57. The number of aromatic nitrogens is 3. The van der Waals surface area contributed by atoms with Gasteiger partial charge in [-0.15, -0.1) is 0 Å². The van der Waals surface area contributed by atoms with Crippen molar-refractivity contribution in [1.82, 2.24) is 15.0 Å². The Bertz CT molecular complexity index is 934. The number of aryl methyl sites for hydroxylation is 1. The van der Waals surface area contributed by atoms with Crippen LogP contribution in [0.1, 0.15) is 5.56 Å². The maximum Gasteiger partial charge on any atom is 0.373 e. The number of pyridine rings is 1. The van der Waals surface area contributed by atoms with Gasteiger partial charge >= 0.3 is 11.6 Å². The predicted molar refractivity (Wildman–Crippen MR) is 94.0 cm³/mol. The highest BCUT2D eigenvalue weighted by atomic mass is 16.6. The number of nitro groups is 1. The quantitative estimate of drug-likeness (QED) is 0.528. The Kier molecular flexibility index (Phi) is 4.88. The second kappa shape index (κ2) is 7.43. The van der Waals surface area contributed by atoms with Crippen LogP contribution in [0.5, 0.6) is 17.4 Å². The van der Waals surface area contributed by atoms with Gasteiger partial charge in [0.05, 0.1) is 23.9 Å². The molecule has 0 aliphatic rings. The van der Waals surface area contributed by atoms with Crippen molar-refractivity contribution < 1.29 is 14.4 Å². The normalized spacial score (nSPS) is 10.2. The maximum atomic E-state index is 11.6. The van der Waals surface area contributed by atoms with Crippen LogP contribution in [0, 0.1) is 17.0 Å². The van der Waals surface area contributed by atoms with E-state index in [0.29, 0.717) is 17.2 Å². The molecule has 3 rings (SSSR count). The van der Waals surface area contributed by atoms with E-state index >= 15 is 0 Å². The largest absolute Gasteiger partial charge is 0.495 e. The van der Waals surface area contributed by atoms with E-state index in [1.165, 1.54) is 19.6 Å². The first-order valence-electron chi connectivity index (χ1n) is 7.57. The Labute approximate surface area is 148 Å². The smallest absolute Gasteiger partial charge is 0.373 e. The number of rotatable bonds is 6. The van der Waals surface area contributed by atoms with E-state index in [4.69, 9.17) is 9.47 Å². The first-order chi connectivity index (χ1) is 12.6. The lowest BCUT2D eigenvalue weighted by Gasteiger charge is -2.12. The molecule has 26 heavy (non-hydrogen) atoms. The van der Waals surface area contributed by atoms with Gasteiger partial charge in [-0.25, -0.2) is 4.98 Å². The van der Waals surface area contributed by atoms with Crippen LogP contribution in [-0.2, 0) is 0 Å². The molecule has 0 bridgehead atoms. The molecule has 0 aliphatic heterocycles. The molecular weight excluding hydrogens is 338 g/mol. The Morgan fingerprint density at radius 3 is 2.77 bits per heavy atom. The van der Waals surface area contributed by atoms with Gasteiger partial charge in [-0.05, 0) is 36.8 Å². The van der Waals surface area contributed by atoms with Crippen LogP contribution in [0.15, 0.2) is 49.1 Å².